The molecule has 0 spiro atoms. The van der Waals surface area contributed by atoms with Gasteiger partial charge in [0.05, 0.1) is 10.1 Å². The molecule has 1 aromatic carbocycles. The molecule has 0 aromatic heterocycles. The van der Waals surface area contributed by atoms with E-state index in [1.165, 1.54) is 0 Å². The van der Waals surface area contributed by atoms with Gasteiger partial charge in [-0.3, -0.25) is 0 Å². The third-order valence-corrected chi connectivity index (χ3v) is 2.23. The van der Waals surface area contributed by atoms with E-state index in [-0.39, 0.29) is 21.2 Å². The maximum absolute atomic E-state index is 8.54. The second-order valence-electron chi connectivity index (χ2n) is 3.15. The number of thiol groups is 2. The molecule has 0 unspecified atom stereocenters. The Kier molecular flexibility index (Phi) is 7.78. The summed E-state index contributed by atoms with van der Waals surface area (Å²) in [6, 6.07) is 12.9. The molecule has 0 bridgehead atoms. The first-order valence-corrected chi connectivity index (χ1v) is 5.82. The molecule has 6 N–H and O–H groups in total. The van der Waals surface area contributed by atoms with Crippen LogP contribution >= 0.6 is 25.3 Å². The van der Waals surface area contributed by atoms with E-state index < -0.39 is 0 Å². The first kappa shape index (κ1) is 16.8. The molecule has 1 aromatic rings. The molecule has 0 saturated heterocycles. The number of benzene rings is 1. The monoisotopic (exact) mass is 291 g/mol. The van der Waals surface area contributed by atoms with Gasteiger partial charge >= 0.3 is 0 Å². The van der Waals surface area contributed by atoms with Crippen molar-refractivity contribution in [1.29, 1.82) is 10.5 Å². The minimum Gasteiger partial charge on any atom is -0.399 e. The van der Waals surface area contributed by atoms with E-state index in [2.05, 4.69) is 25.3 Å². The Morgan fingerprint density at radius 2 is 1.26 bits per heavy atom. The summed E-state index contributed by atoms with van der Waals surface area (Å²) >= 11 is 7.44. The van der Waals surface area contributed by atoms with E-state index >= 15 is 0 Å². The van der Waals surface area contributed by atoms with Gasteiger partial charge in [0.25, 0.3) is 0 Å². The summed E-state index contributed by atoms with van der Waals surface area (Å²) in [5, 5.41) is 17.0. The molecule has 5 nitrogen and oxygen atoms in total. The van der Waals surface area contributed by atoms with E-state index in [9.17, 15) is 0 Å². The van der Waals surface area contributed by atoms with Gasteiger partial charge in [0.15, 0.2) is 0 Å². The molecule has 0 atom stereocenters. The molecule has 1 rings (SSSR count). The molecule has 0 aliphatic rings. The summed E-state index contributed by atoms with van der Waals surface area (Å²) in [5.41, 5.74) is 16.5. The normalized spacial score (nSPS) is 11.8. The first-order chi connectivity index (χ1) is 8.93. The van der Waals surface area contributed by atoms with Gasteiger partial charge in [0.1, 0.15) is 23.3 Å². The maximum atomic E-state index is 8.54. The summed E-state index contributed by atoms with van der Waals surface area (Å²) in [6.07, 6.45) is 0. The van der Waals surface area contributed by atoms with Crippen molar-refractivity contribution in [2.24, 2.45) is 11.5 Å². The van der Waals surface area contributed by atoms with Gasteiger partial charge in [-0.25, -0.2) is 0 Å². The van der Waals surface area contributed by atoms with Gasteiger partial charge in [-0.1, -0.05) is 18.2 Å². The Labute approximate surface area is 122 Å². The average Bonchev–Trinajstić information content (AvgIpc) is 2.36. The van der Waals surface area contributed by atoms with E-state index in [1.807, 2.05) is 30.3 Å². The lowest BCUT2D eigenvalue weighted by atomic mass is 10.1. The summed E-state index contributed by atoms with van der Waals surface area (Å²) < 4.78 is 0. The third-order valence-electron chi connectivity index (χ3n) is 1.79. The van der Waals surface area contributed by atoms with Gasteiger partial charge in [-0.15, -0.1) is 25.3 Å². The Bertz CT molecular complexity index is 522. The van der Waals surface area contributed by atoms with Crippen molar-refractivity contribution in [3.8, 4) is 12.1 Å². The van der Waals surface area contributed by atoms with E-state index in [0.717, 1.165) is 5.69 Å². The van der Waals surface area contributed by atoms with E-state index in [1.54, 1.807) is 12.1 Å². The second-order valence-corrected chi connectivity index (χ2v) is 4.12. The summed E-state index contributed by atoms with van der Waals surface area (Å²) in [7, 11) is 0. The van der Waals surface area contributed by atoms with Crippen LogP contribution in [0.3, 0.4) is 0 Å². The van der Waals surface area contributed by atoms with Gasteiger partial charge < -0.3 is 17.2 Å². The molecule has 0 radical (unpaired) electrons. The summed E-state index contributed by atoms with van der Waals surface area (Å²) in [6.45, 7) is 0. The van der Waals surface area contributed by atoms with Crippen molar-refractivity contribution in [1.82, 2.24) is 0 Å². The lowest BCUT2D eigenvalue weighted by molar-refractivity contribution is 1.35. The zero-order chi connectivity index (χ0) is 14.8. The van der Waals surface area contributed by atoms with Crippen LogP contribution in [0.2, 0.25) is 0 Å². The fourth-order valence-electron chi connectivity index (χ4n) is 0.936. The van der Waals surface area contributed by atoms with Crippen LogP contribution in [0.4, 0.5) is 5.69 Å². The fourth-order valence-corrected chi connectivity index (χ4v) is 1.26. The number of nitrogens with two attached hydrogens (primary N) is 3. The molecule has 0 fully saturated rings. The average molecular weight is 291 g/mol. The van der Waals surface area contributed by atoms with Crippen molar-refractivity contribution in [2.75, 3.05) is 5.73 Å². The first-order valence-electron chi connectivity index (χ1n) is 4.92. The predicted octanol–water partition coefficient (Wildman–Crippen LogP) is 1.50. The molecule has 7 heteroatoms. The zero-order valence-corrected chi connectivity index (χ0v) is 11.7. The minimum atomic E-state index is -0.0617. The SMILES string of the molecule is N#CC(=C(N)S)C(C#N)=C(N)S.Nc1ccccc1. The van der Waals surface area contributed by atoms with Crippen LogP contribution in [-0.2, 0) is 0 Å². The molecule has 0 saturated carbocycles. The number of nitriles is 2. The van der Waals surface area contributed by atoms with Gasteiger partial charge in [0, 0.05) is 5.69 Å². The van der Waals surface area contributed by atoms with Gasteiger partial charge in [-0.05, 0) is 12.1 Å². The molecular weight excluding hydrogens is 278 g/mol. The second kappa shape index (κ2) is 8.81. The number of hydrogen-bond donors (Lipinski definition) is 5. The highest BCUT2D eigenvalue weighted by molar-refractivity contribution is 7.84. The topological polar surface area (TPSA) is 126 Å². The van der Waals surface area contributed by atoms with E-state index in [4.69, 9.17) is 27.7 Å². The number of rotatable bonds is 1. The van der Waals surface area contributed by atoms with Crippen molar-refractivity contribution < 1.29 is 0 Å². The van der Waals surface area contributed by atoms with Crippen LogP contribution in [0, 0.1) is 22.7 Å². The molecule has 0 heterocycles. The molecule has 0 amide bonds. The molecule has 98 valence electrons. The highest BCUT2D eigenvalue weighted by Crippen LogP contribution is 2.16. The van der Waals surface area contributed by atoms with Crippen LogP contribution in [0.25, 0.3) is 0 Å². The fraction of sp³-hybridized carbons (Fsp3) is 0. The number of anilines is 1. The van der Waals surface area contributed by atoms with Crippen LogP contribution in [0.1, 0.15) is 0 Å². The largest absolute Gasteiger partial charge is 0.399 e. The Morgan fingerprint density at radius 3 is 1.42 bits per heavy atom. The summed E-state index contributed by atoms with van der Waals surface area (Å²) in [4.78, 5) is 0. The van der Waals surface area contributed by atoms with Crippen molar-refractivity contribution in [3.63, 3.8) is 0 Å². The quantitative estimate of drug-likeness (QED) is 0.232. The minimum absolute atomic E-state index is 0.0500. The maximum Gasteiger partial charge on any atom is 0.103 e. The van der Waals surface area contributed by atoms with Crippen LogP contribution in [0.5, 0.6) is 0 Å². The number of para-hydroxylation sites is 1. The van der Waals surface area contributed by atoms with Crippen LogP contribution in [0.15, 0.2) is 51.5 Å². The number of allylic oxidation sites excluding steroid dienone is 2. The number of nitrogen functional groups attached to an aromatic ring is 1. The highest BCUT2D eigenvalue weighted by Gasteiger charge is 2.09. The Morgan fingerprint density at radius 1 is 0.895 bits per heavy atom. The zero-order valence-electron chi connectivity index (χ0n) is 9.91. The Hall–Kier alpha value is -2.22. The number of nitrogens with zero attached hydrogens (tertiary/aromatic N) is 2. The van der Waals surface area contributed by atoms with Gasteiger partial charge in [0.2, 0.25) is 0 Å². The lowest BCUT2D eigenvalue weighted by Crippen LogP contribution is -2.01. The van der Waals surface area contributed by atoms with Crippen molar-refractivity contribution >= 4 is 30.9 Å². The standard InChI is InChI=1S/C6H6N4S2.C6H7N/c7-1-3(5(9)11)4(2-8)6(10)12;7-6-4-2-1-3-5-6/h11-12H,9-10H2;1-5H,7H2. The summed E-state index contributed by atoms with van der Waals surface area (Å²) in [5.74, 6) is 0. The molecular formula is C12H13N5S2. The van der Waals surface area contributed by atoms with Gasteiger partial charge in [-0.2, -0.15) is 10.5 Å². The highest BCUT2D eigenvalue weighted by atomic mass is 32.1. The lowest BCUT2D eigenvalue weighted by Gasteiger charge is -1.98. The molecule has 19 heavy (non-hydrogen) atoms. The molecule has 0 aliphatic carbocycles. The predicted molar refractivity (Wildman–Crippen MR) is 82.5 cm³/mol. The van der Waals surface area contributed by atoms with Crippen LogP contribution < -0.4 is 17.2 Å². The van der Waals surface area contributed by atoms with E-state index in [0.29, 0.717) is 0 Å². The number of hydrogen-bond acceptors (Lipinski definition) is 7. The third kappa shape index (κ3) is 6.32. The van der Waals surface area contributed by atoms with Crippen molar-refractivity contribution in [3.05, 3.63) is 51.5 Å². The smallest absolute Gasteiger partial charge is 0.103 e. The van der Waals surface area contributed by atoms with Crippen molar-refractivity contribution in [2.45, 2.75) is 0 Å². The van der Waals surface area contributed by atoms with Crippen LogP contribution in [-0.4, -0.2) is 0 Å². The molecule has 0 aliphatic heterocycles. The Balaban J connectivity index is 0.000000388.